The number of hydrogen-bond acceptors (Lipinski definition) is 2. The summed E-state index contributed by atoms with van der Waals surface area (Å²) in [6, 6.07) is 5.11. The fourth-order valence-electron chi connectivity index (χ4n) is 3.10. The molecule has 0 radical (unpaired) electrons. The van der Waals surface area contributed by atoms with Crippen molar-refractivity contribution in [2.45, 2.75) is 51.0 Å². The lowest BCUT2D eigenvalue weighted by molar-refractivity contribution is -0.0166. The number of methoxy groups -OCH3 is 1. The number of rotatable bonds is 4. The van der Waals surface area contributed by atoms with Crippen molar-refractivity contribution < 1.29 is 14.2 Å². The van der Waals surface area contributed by atoms with Crippen LogP contribution in [0.15, 0.2) is 18.2 Å². The molecular formula is C16H23FO2. The van der Waals surface area contributed by atoms with Gasteiger partial charge in [-0.1, -0.05) is 31.4 Å². The largest absolute Gasteiger partial charge is 0.494 e. The van der Waals surface area contributed by atoms with Crippen LogP contribution >= 0.6 is 0 Å². The molecule has 1 fully saturated rings. The van der Waals surface area contributed by atoms with Gasteiger partial charge in [0, 0.05) is 6.42 Å². The predicted molar refractivity (Wildman–Crippen MR) is 73.9 cm³/mol. The first-order valence-corrected chi connectivity index (χ1v) is 7.08. The van der Waals surface area contributed by atoms with E-state index in [1.807, 2.05) is 6.92 Å². The molecule has 1 aromatic carbocycles. The van der Waals surface area contributed by atoms with Crippen LogP contribution in [0.25, 0.3) is 0 Å². The standard InChI is InChI=1S/C16H23FO2/c1-16(18,13-8-4-3-5-9-13)11-12-7-6-10-14(19-2)15(12)17/h6-7,10,13,18H,3-5,8-9,11H2,1-2H3. The van der Waals surface area contributed by atoms with Crippen LogP contribution in [0.2, 0.25) is 0 Å². The molecule has 1 aliphatic rings. The third kappa shape index (κ3) is 3.27. The van der Waals surface area contributed by atoms with E-state index in [0.717, 1.165) is 12.8 Å². The average molecular weight is 266 g/mol. The first kappa shape index (κ1) is 14.3. The molecule has 0 saturated heterocycles. The minimum Gasteiger partial charge on any atom is -0.494 e. The summed E-state index contributed by atoms with van der Waals surface area (Å²) >= 11 is 0. The highest BCUT2D eigenvalue weighted by Crippen LogP contribution is 2.35. The lowest BCUT2D eigenvalue weighted by atomic mass is 9.75. The van der Waals surface area contributed by atoms with Crippen molar-refractivity contribution in [3.63, 3.8) is 0 Å². The maximum Gasteiger partial charge on any atom is 0.168 e. The van der Waals surface area contributed by atoms with Gasteiger partial charge in [0.1, 0.15) is 0 Å². The Kier molecular flexibility index (Phi) is 4.46. The number of halogens is 1. The van der Waals surface area contributed by atoms with Crippen molar-refractivity contribution in [2.24, 2.45) is 5.92 Å². The van der Waals surface area contributed by atoms with Gasteiger partial charge in [0.2, 0.25) is 0 Å². The molecule has 0 spiro atoms. The SMILES string of the molecule is COc1cccc(CC(C)(O)C2CCCCC2)c1F. The van der Waals surface area contributed by atoms with E-state index in [9.17, 15) is 9.50 Å². The highest BCUT2D eigenvalue weighted by atomic mass is 19.1. The molecule has 106 valence electrons. The molecule has 1 saturated carbocycles. The highest BCUT2D eigenvalue weighted by molar-refractivity contribution is 5.32. The second-order valence-corrected chi connectivity index (χ2v) is 5.80. The van der Waals surface area contributed by atoms with E-state index in [1.165, 1.54) is 26.4 Å². The van der Waals surface area contributed by atoms with Gasteiger partial charge < -0.3 is 9.84 Å². The van der Waals surface area contributed by atoms with Gasteiger partial charge in [-0.25, -0.2) is 4.39 Å². The van der Waals surface area contributed by atoms with Gasteiger partial charge in [0.05, 0.1) is 12.7 Å². The van der Waals surface area contributed by atoms with Gasteiger partial charge in [-0.15, -0.1) is 0 Å². The molecule has 0 amide bonds. The first-order valence-electron chi connectivity index (χ1n) is 7.08. The summed E-state index contributed by atoms with van der Waals surface area (Å²) in [5.41, 5.74) is -0.303. The fourth-order valence-corrected chi connectivity index (χ4v) is 3.10. The highest BCUT2D eigenvalue weighted by Gasteiger charge is 2.33. The summed E-state index contributed by atoms with van der Waals surface area (Å²) in [5, 5.41) is 10.7. The van der Waals surface area contributed by atoms with Crippen molar-refractivity contribution in [1.29, 1.82) is 0 Å². The number of aliphatic hydroxyl groups is 1. The lowest BCUT2D eigenvalue weighted by Crippen LogP contribution is -2.38. The van der Waals surface area contributed by atoms with Crippen LogP contribution in [0.5, 0.6) is 5.75 Å². The van der Waals surface area contributed by atoms with Crippen molar-refractivity contribution in [3.05, 3.63) is 29.6 Å². The van der Waals surface area contributed by atoms with Gasteiger partial charge >= 0.3 is 0 Å². The maximum atomic E-state index is 14.1. The Morgan fingerprint density at radius 3 is 2.63 bits per heavy atom. The Hall–Kier alpha value is -1.09. The van der Waals surface area contributed by atoms with Crippen molar-refractivity contribution in [2.75, 3.05) is 7.11 Å². The van der Waals surface area contributed by atoms with E-state index in [0.29, 0.717) is 12.0 Å². The van der Waals surface area contributed by atoms with E-state index >= 15 is 0 Å². The Labute approximate surface area is 114 Å². The van der Waals surface area contributed by atoms with Crippen molar-refractivity contribution in [3.8, 4) is 5.75 Å². The zero-order valence-corrected chi connectivity index (χ0v) is 11.8. The molecule has 1 aromatic rings. The Balaban J connectivity index is 2.14. The quantitative estimate of drug-likeness (QED) is 0.900. The Morgan fingerprint density at radius 1 is 1.32 bits per heavy atom. The summed E-state index contributed by atoms with van der Waals surface area (Å²) in [5.74, 6) is 0.171. The lowest BCUT2D eigenvalue weighted by Gasteiger charge is -2.36. The van der Waals surface area contributed by atoms with E-state index in [2.05, 4.69) is 0 Å². The minimum atomic E-state index is -0.840. The molecule has 1 N–H and O–H groups in total. The van der Waals surface area contributed by atoms with Crippen LogP contribution in [0.4, 0.5) is 4.39 Å². The second kappa shape index (κ2) is 5.91. The Morgan fingerprint density at radius 2 is 2.00 bits per heavy atom. The van der Waals surface area contributed by atoms with Crippen LogP contribution in [0.3, 0.4) is 0 Å². The molecule has 0 aliphatic heterocycles. The topological polar surface area (TPSA) is 29.5 Å². The third-order valence-electron chi connectivity index (χ3n) is 4.30. The van der Waals surface area contributed by atoms with Gasteiger partial charge in [-0.3, -0.25) is 0 Å². The van der Waals surface area contributed by atoms with E-state index in [4.69, 9.17) is 4.74 Å². The molecule has 2 nitrogen and oxygen atoms in total. The molecule has 1 atom stereocenters. The van der Waals surface area contributed by atoms with E-state index < -0.39 is 5.60 Å². The molecule has 3 heteroatoms. The first-order chi connectivity index (χ1) is 9.04. The van der Waals surface area contributed by atoms with Gasteiger partial charge in [-0.05, 0) is 37.3 Å². The molecule has 0 bridgehead atoms. The van der Waals surface area contributed by atoms with Crippen LogP contribution in [0, 0.1) is 11.7 Å². The summed E-state index contributed by atoms with van der Waals surface area (Å²) in [6.07, 6.45) is 6.01. The zero-order chi connectivity index (χ0) is 13.9. The Bertz CT molecular complexity index is 423. The molecule has 2 rings (SSSR count). The normalized spacial score (nSPS) is 20.0. The monoisotopic (exact) mass is 266 g/mol. The van der Waals surface area contributed by atoms with Crippen molar-refractivity contribution in [1.82, 2.24) is 0 Å². The van der Waals surface area contributed by atoms with Crippen molar-refractivity contribution >= 4 is 0 Å². The number of ether oxygens (including phenoxy) is 1. The zero-order valence-electron chi connectivity index (χ0n) is 11.8. The van der Waals surface area contributed by atoms with Gasteiger partial charge in [-0.2, -0.15) is 0 Å². The fraction of sp³-hybridized carbons (Fsp3) is 0.625. The van der Waals surface area contributed by atoms with E-state index in [1.54, 1.807) is 18.2 Å². The smallest absolute Gasteiger partial charge is 0.168 e. The summed E-state index contributed by atoms with van der Waals surface area (Å²) in [4.78, 5) is 0. The van der Waals surface area contributed by atoms with Crippen LogP contribution in [-0.2, 0) is 6.42 Å². The summed E-state index contributed by atoms with van der Waals surface area (Å²) < 4.78 is 19.1. The van der Waals surface area contributed by atoms with Gasteiger partial charge in [0.25, 0.3) is 0 Å². The van der Waals surface area contributed by atoms with Crippen LogP contribution in [-0.4, -0.2) is 17.8 Å². The molecular weight excluding hydrogens is 243 g/mol. The number of benzene rings is 1. The van der Waals surface area contributed by atoms with Crippen LogP contribution < -0.4 is 4.74 Å². The number of hydrogen-bond donors (Lipinski definition) is 1. The second-order valence-electron chi connectivity index (χ2n) is 5.80. The molecule has 0 heterocycles. The summed E-state index contributed by atoms with van der Waals surface area (Å²) in [7, 11) is 1.46. The average Bonchev–Trinajstić information content (AvgIpc) is 2.42. The van der Waals surface area contributed by atoms with E-state index in [-0.39, 0.29) is 17.5 Å². The molecule has 0 aromatic heterocycles. The third-order valence-corrected chi connectivity index (χ3v) is 4.30. The maximum absolute atomic E-state index is 14.1. The van der Waals surface area contributed by atoms with Gasteiger partial charge in [0.15, 0.2) is 11.6 Å². The summed E-state index contributed by atoms with van der Waals surface area (Å²) in [6.45, 7) is 1.84. The minimum absolute atomic E-state index is 0.247. The van der Waals surface area contributed by atoms with Crippen LogP contribution in [0.1, 0.15) is 44.6 Å². The molecule has 19 heavy (non-hydrogen) atoms. The molecule has 1 aliphatic carbocycles. The predicted octanol–water partition coefficient (Wildman–Crippen LogP) is 3.71. The molecule has 1 unspecified atom stereocenters.